The van der Waals surface area contributed by atoms with Crippen LogP contribution in [0.15, 0.2) is 22.7 Å². The molecule has 6 heteroatoms. The molecule has 0 saturated heterocycles. The highest BCUT2D eigenvalue weighted by Crippen LogP contribution is 2.22. The fraction of sp³-hybridized carbons (Fsp3) is 0.400. The van der Waals surface area contributed by atoms with Gasteiger partial charge in [-0.05, 0) is 24.6 Å². The number of nitrogens with one attached hydrogen (secondary N) is 1. The molecule has 0 spiro atoms. The minimum absolute atomic E-state index is 0.0740. The number of hydrogen-bond donors (Lipinski definition) is 1. The van der Waals surface area contributed by atoms with Crippen molar-refractivity contribution in [3.63, 3.8) is 0 Å². The monoisotopic (exact) mass is 299 g/mol. The first-order chi connectivity index (χ1) is 7.38. The highest BCUT2D eigenvalue weighted by Gasteiger charge is 2.25. The molecule has 1 aromatic carbocycles. The Hall–Kier alpha value is -0.780. The van der Waals surface area contributed by atoms with Crippen LogP contribution >= 0.6 is 15.9 Å². The molecule has 0 saturated carbocycles. The molecule has 0 aromatic heterocycles. The molecule has 0 unspecified atom stereocenters. The van der Waals surface area contributed by atoms with E-state index in [-0.39, 0.29) is 18.7 Å². The van der Waals surface area contributed by atoms with Gasteiger partial charge in [0, 0.05) is 17.4 Å². The summed E-state index contributed by atoms with van der Waals surface area (Å²) < 4.78 is 49.2. The number of rotatable bonds is 4. The van der Waals surface area contributed by atoms with Crippen molar-refractivity contribution < 1.29 is 17.6 Å². The summed E-state index contributed by atoms with van der Waals surface area (Å²) in [7, 11) is 0. The quantitative estimate of drug-likeness (QED) is 0.644. The first-order valence-corrected chi connectivity index (χ1v) is 5.43. The van der Waals surface area contributed by atoms with E-state index in [4.69, 9.17) is 0 Å². The van der Waals surface area contributed by atoms with Crippen LogP contribution in [0.1, 0.15) is 12.8 Å². The molecular weight excluding hydrogens is 290 g/mol. The molecule has 0 bridgehead atoms. The predicted octanol–water partition coefficient (Wildman–Crippen LogP) is 4.34. The molecule has 0 heterocycles. The van der Waals surface area contributed by atoms with Crippen molar-refractivity contribution in [2.45, 2.75) is 19.0 Å². The Labute approximate surface area is 99.0 Å². The van der Waals surface area contributed by atoms with E-state index < -0.39 is 18.4 Å². The normalized spacial score (nSPS) is 11.6. The zero-order valence-corrected chi connectivity index (χ0v) is 9.83. The average Bonchev–Trinajstić information content (AvgIpc) is 2.16. The highest BCUT2D eigenvalue weighted by atomic mass is 79.9. The average molecular weight is 300 g/mol. The van der Waals surface area contributed by atoms with E-state index in [9.17, 15) is 17.6 Å². The third-order valence-electron chi connectivity index (χ3n) is 1.88. The van der Waals surface area contributed by atoms with Gasteiger partial charge in [0.2, 0.25) is 0 Å². The summed E-state index contributed by atoms with van der Waals surface area (Å²) >= 11 is 3.15. The van der Waals surface area contributed by atoms with Crippen LogP contribution in [0.4, 0.5) is 23.2 Å². The van der Waals surface area contributed by atoms with Crippen molar-refractivity contribution in [1.29, 1.82) is 0 Å². The lowest BCUT2D eigenvalue weighted by Gasteiger charge is -2.09. The highest BCUT2D eigenvalue weighted by molar-refractivity contribution is 9.10. The smallest absolute Gasteiger partial charge is 0.383 e. The Morgan fingerprint density at radius 3 is 2.56 bits per heavy atom. The van der Waals surface area contributed by atoms with Gasteiger partial charge < -0.3 is 5.32 Å². The van der Waals surface area contributed by atoms with Crippen molar-refractivity contribution >= 4 is 21.6 Å². The van der Waals surface area contributed by atoms with Gasteiger partial charge in [0.15, 0.2) is 0 Å². The second-order valence-electron chi connectivity index (χ2n) is 3.27. The van der Waals surface area contributed by atoms with Crippen LogP contribution in [0, 0.1) is 5.82 Å². The van der Waals surface area contributed by atoms with E-state index in [0.717, 1.165) is 0 Å². The minimum Gasteiger partial charge on any atom is -0.383 e. The third kappa shape index (κ3) is 4.83. The number of alkyl halides is 3. The second kappa shape index (κ2) is 5.52. The van der Waals surface area contributed by atoms with Gasteiger partial charge in [0.1, 0.15) is 5.82 Å². The molecule has 0 aliphatic rings. The first-order valence-electron chi connectivity index (χ1n) is 4.64. The summed E-state index contributed by atoms with van der Waals surface area (Å²) in [4.78, 5) is 0. The van der Waals surface area contributed by atoms with Crippen molar-refractivity contribution in [3.05, 3.63) is 28.5 Å². The Balaban J connectivity index is 2.40. The molecule has 1 N–H and O–H groups in total. The zero-order valence-electron chi connectivity index (χ0n) is 8.24. The van der Waals surface area contributed by atoms with Crippen molar-refractivity contribution in [2.24, 2.45) is 0 Å². The maximum atomic E-state index is 13.1. The van der Waals surface area contributed by atoms with Crippen LogP contribution in [-0.2, 0) is 0 Å². The summed E-state index contributed by atoms with van der Waals surface area (Å²) in [5, 5.41) is 2.62. The predicted molar refractivity (Wildman–Crippen MR) is 57.9 cm³/mol. The summed E-state index contributed by atoms with van der Waals surface area (Å²) in [6, 6.07) is 4.26. The number of anilines is 1. The van der Waals surface area contributed by atoms with Crippen molar-refractivity contribution in [1.82, 2.24) is 0 Å². The molecule has 0 aliphatic carbocycles. The van der Waals surface area contributed by atoms with Gasteiger partial charge >= 0.3 is 6.18 Å². The van der Waals surface area contributed by atoms with Crippen molar-refractivity contribution in [3.8, 4) is 0 Å². The summed E-state index contributed by atoms with van der Waals surface area (Å²) in [5.41, 5.74) is 0.205. The molecule has 1 aromatic rings. The number of halogens is 5. The molecule has 0 fully saturated rings. The van der Waals surface area contributed by atoms with Crippen LogP contribution in [0.5, 0.6) is 0 Å². The lowest BCUT2D eigenvalue weighted by atomic mass is 10.2. The molecule has 1 nitrogen and oxygen atoms in total. The molecule has 0 amide bonds. The molecule has 1 rings (SSSR count). The summed E-state index contributed by atoms with van der Waals surface area (Å²) in [6.07, 6.45) is -5.09. The van der Waals surface area contributed by atoms with Gasteiger partial charge in [-0.25, -0.2) is 4.39 Å². The standard InChI is InChI=1S/C10H10BrF4N/c11-7-2-3-8(12)9(6-7)16-5-1-4-10(13,14)15/h2-3,6,16H,1,4-5H2. The van der Waals surface area contributed by atoms with E-state index >= 15 is 0 Å². The fourth-order valence-corrected chi connectivity index (χ4v) is 1.51. The maximum absolute atomic E-state index is 13.1. The molecule has 0 atom stereocenters. The second-order valence-corrected chi connectivity index (χ2v) is 4.19. The van der Waals surface area contributed by atoms with Crippen LogP contribution in [0.3, 0.4) is 0 Å². The van der Waals surface area contributed by atoms with Gasteiger partial charge in [-0.3, -0.25) is 0 Å². The minimum atomic E-state index is -4.16. The van der Waals surface area contributed by atoms with E-state index in [2.05, 4.69) is 21.2 Å². The first kappa shape index (κ1) is 13.3. The number of hydrogen-bond acceptors (Lipinski definition) is 1. The number of benzene rings is 1. The lowest BCUT2D eigenvalue weighted by molar-refractivity contribution is -0.134. The van der Waals surface area contributed by atoms with Crippen LogP contribution in [-0.4, -0.2) is 12.7 Å². The van der Waals surface area contributed by atoms with E-state index in [1.54, 1.807) is 0 Å². The molecule has 0 radical (unpaired) electrons. The lowest BCUT2D eigenvalue weighted by Crippen LogP contribution is -2.11. The molecule has 0 aliphatic heterocycles. The SMILES string of the molecule is Fc1ccc(Br)cc1NCCCC(F)(F)F. The summed E-state index contributed by atoms with van der Waals surface area (Å²) in [5.74, 6) is -0.477. The zero-order chi connectivity index (χ0) is 12.2. The molecular formula is C10H10BrF4N. The van der Waals surface area contributed by atoms with Crippen molar-refractivity contribution in [2.75, 3.05) is 11.9 Å². The Kier molecular flexibility index (Phi) is 4.58. The Morgan fingerprint density at radius 2 is 1.94 bits per heavy atom. The van der Waals surface area contributed by atoms with Crippen LogP contribution in [0.25, 0.3) is 0 Å². The third-order valence-corrected chi connectivity index (χ3v) is 2.37. The van der Waals surface area contributed by atoms with E-state index in [1.807, 2.05) is 0 Å². The topological polar surface area (TPSA) is 12.0 Å². The fourth-order valence-electron chi connectivity index (χ4n) is 1.14. The van der Waals surface area contributed by atoms with Crippen LogP contribution in [0.2, 0.25) is 0 Å². The van der Waals surface area contributed by atoms with Gasteiger partial charge in [0.05, 0.1) is 5.69 Å². The largest absolute Gasteiger partial charge is 0.389 e. The van der Waals surface area contributed by atoms with Gasteiger partial charge in [-0.15, -0.1) is 0 Å². The summed E-state index contributed by atoms with van der Waals surface area (Å²) in [6.45, 7) is 0.0902. The maximum Gasteiger partial charge on any atom is 0.389 e. The Morgan fingerprint density at radius 1 is 1.25 bits per heavy atom. The molecule has 90 valence electrons. The van der Waals surface area contributed by atoms with Crippen LogP contribution < -0.4 is 5.32 Å². The molecule has 16 heavy (non-hydrogen) atoms. The van der Waals surface area contributed by atoms with Gasteiger partial charge in [-0.1, -0.05) is 15.9 Å². The van der Waals surface area contributed by atoms with Gasteiger partial charge in [-0.2, -0.15) is 13.2 Å². The van der Waals surface area contributed by atoms with Gasteiger partial charge in [0.25, 0.3) is 0 Å². The Bertz CT molecular complexity index is 351. The van der Waals surface area contributed by atoms with E-state index in [1.165, 1.54) is 18.2 Å². The van der Waals surface area contributed by atoms with E-state index in [0.29, 0.717) is 4.47 Å².